The number of rotatable bonds is 3. The van der Waals surface area contributed by atoms with Crippen LogP contribution in [0.15, 0.2) is 38.6 Å². The molecule has 1 heterocycles. The second-order valence-corrected chi connectivity index (χ2v) is 6.90. The van der Waals surface area contributed by atoms with Crippen molar-refractivity contribution in [2.45, 2.75) is 6.54 Å². The molecule has 0 atom stereocenters. The fraction of sp³-hybridized carbons (Fsp3) is 0.0833. The number of thiophene rings is 1. The van der Waals surface area contributed by atoms with Crippen molar-refractivity contribution in [3.05, 3.63) is 54.8 Å². The van der Waals surface area contributed by atoms with Gasteiger partial charge in [-0.05, 0) is 46.3 Å². The molecule has 2 aromatic rings. The van der Waals surface area contributed by atoms with Crippen LogP contribution >= 0.6 is 43.2 Å². The van der Waals surface area contributed by atoms with Gasteiger partial charge in [0.2, 0.25) is 0 Å². The predicted molar refractivity (Wildman–Crippen MR) is 77.3 cm³/mol. The van der Waals surface area contributed by atoms with Gasteiger partial charge in [0.15, 0.2) is 0 Å². The Morgan fingerprint density at radius 1 is 1.28 bits per heavy atom. The van der Waals surface area contributed by atoms with E-state index in [-0.39, 0.29) is 18.3 Å². The van der Waals surface area contributed by atoms with E-state index in [4.69, 9.17) is 0 Å². The fourth-order valence-corrected chi connectivity index (χ4v) is 3.09. The van der Waals surface area contributed by atoms with Gasteiger partial charge in [0.25, 0.3) is 5.91 Å². The van der Waals surface area contributed by atoms with Gasteiger partial charge in [-0.3, -0.25) is 4.79 Å². The van der Waals surface area contributed by atoms with Crippen LogP contribution in [0, 0.1) is 5.82 Å². The first kappa shape index (κ1) is 13.7. The lowest BCUT2D eigenvalue weighted by atomic mass is 10.2. The minimum atomic E-state index is -0.328. The molecule has 0 aliphatic heterocycles. The molecule has 0 saturated heterocycles. The van der Waals surface area contributed by atoms with Crippen LogP contribution in [-0.2, 0) is 6.54 Å². The number of amides is 1. The summed E-state index contributed by atoms with van der Waals surface area (Å²) in [7, 11) is 0. The smallest absolute Gasteiger partial charge is 0.261 e. The zero-order valence-corrected chi connectivity index (χ0v) is 13.0. The second-order valence-electron chi connectivity index (χ2n) is 3.52. The zero-order valence-electron chi connectivity index (χ0n) is 9.04. The monoisotopic (exact) mass is 391 g/mol. The lowest BCUT2D eigenvalue weighted by molar-refractivity contribution is 0.0954. The van der Waals surface area contributed by atoms with Crippen LogP contribution in [0.3, 0.4) is 0 Å². The summed E-state index contributed by atoms with van der Waals surface area (Å²) in [6.07, 6.45) is 0. The molecular formula is C12H8Br2FNOS. The highest BCUT2D eigenvalue weighted by Gasteiger charge is 2.09. The molecule has 0 radical (unpaired) electrons. The summed E-state index contributed by atoms with van der Waals surface area (Å²) < 4.78 is 15.1. The van der Waals surface area contributed by atoms with E-state index >= 15 is 0 Å². The van der Waals surface area contributed by atoms with Crippen LogP contribution < -0.4 is 5.32 Å². The lowest BCUT2D eigenvalue weighted by Crippen LogP contribution is -2.22. The average molecular weight is 393 g/mol. The third-order valence-corrected chi connectivity index (χ3v) is 4.36. The van der Waals surface area contributed by atoms with Gasteiger partial charge in [-0.15, -0.1) is 11.3 Å². The van der Waals surface area contributed by atoms with Crippen LogP contribution in [0.25, 0.3) is 0 Å². The van der Waals surface area contributed by atoms with E-state index in [0.29, 0.717) is 10.4 Å². The van der Waals surface area contributed by atoms with E-state index in [0.717, 1.165) is 8.26 Å². The summed E-state index contributed by atoms with van der Waals surface area (Å²) in [4.78, 5) is 12.4. The van der Waals surface area contributed by atoms with Crippen LogP contribution in [0.5, 0.6) is 0 Å². The molecular weight excluding hydrogens is 385 g/mol. The largest absolute Gasteiger partial charge is 0.347 e. The highest BCUT2D eigenvalue weighted by Crippen LogP contribution is 2.22. The Kier molecular flexibility index (Phi) is 4.53. The maximum atomic E-state index is 13.4. The normalized spacial score (nSPS) is 10.4. The summed E-state index contributed by atoms with van der Waals surface area (Å²) in [6.45, 7) is 0.166. The third-order valence-electron chi connectivity index (χ3n) is 2.24. The molecule has 1 N–H and O–H groups in total. The maximum absolute atomic E-state index is 13.4. The van der Waals surface area contributed by atoms with Gasteiger partial charge < -0.3 is 5.32 Å². The summed E-state index contributed by atoms with van der Waals surface area (Å²) in [6, 6.07) is 8.17. The highest BCUT2D eigenvalue weighted by atomic mass is 79.9. The Labute approximate surface area is 124 Å². The van der Waals surface area contributed by atoms with E-state index in [9.17, 15) is 9.18 Å². The van der Waals surface area contributed by atoms with E-state index in [1.807, 2.05) is 0 Å². The van der Waals surface area contributed by atoms with Crippen molar-refractivity contribution >= 4 is 49.1 Å². The second kappa shape index (κ2) is 5.95. The number of hydrogen-bond acceptors (Lipinski definition) is 2. The Bertz CT molecular complexity index is 585. The van der Waals surface area contributed by atoms with Gasteiger partial charge in [0.05, 0.1) is 8.66 Å². The molecule has 0 fully saturated rings. The van der Waals surface area contributed by atoms with E-state index in [1.54, 1.807) is 24.3 Å². The van der Waals surface area contributed by atoms with Crippen molar-refractivity contribution in [2.75, 3.05) is 0 Å². The maximum Gasteiger partial charge on any atom is 0.261 e. The Morgan fingerprint density at radius 3 is 2.72 bits per heavy atom. The van der Waals surface area contributed by atoms with E-state index in [1.165, 1.54) is 17.4 Å². The number of nitrogens with one attached hydrogen (secondary N) is 1. The van der Waals surface area contributed by atoms with Crippen molar-refractivity contribution in [3.8, 4) is 0 Å². The Balaban J connectivity index is 2.03. The van der Waals surface area contributed by atoms with Gasteiger partial charge in [-0.2, -0.15) is 0 Å². The zero-order chi connectivity index (χ0) is 13.1. The number of carbonyl (C=O) groups is 1. The van der Waals surface area contributed by atoms with Crippen molar-refractivity contribution < 1.29 is 9.18 Å². The van der Waals surface area contributed by atoms with Crippen molar-refractivity contribution in [2.24, 2.45) is 0 Å². The molecule has 2 rings (SSSR count). The number of carbonyl (C=O) groups excluding carboxylic acids is 1. The number of hydrogen-bond donors (Lipinski definition) is 1. The summed E-state index contributed by atoms with van der Waals surface area (Å²) >= 11 is 7.90. The molecule has 2 nitrogen and oxygen atoms in total. The first-order valence-corrected chi connectivity index (χ1v) is 7.44. The third kappa shape index (κ3) is 3.40. The van der Waals surface area contributed by atoms with Gasteiger partial charge in [0, 0.05) is 16.6 Å². The molecule has 6 heteroatoms. The molecule has 0 saturated carbocycles. The molecule has 0 bridgehead atoms. The first-order chi connectivity index (χ1) is 8.56. The highest BCUT2D eigenvalue weighted by molar-refractivity contribution is 9.11. The molecule has 18 heavy (non-hydrogen) atoms. The van der Waals surface area contributed by atoms with E-state index in [2.05, 4.69) is 37.2 Å². The average Bonchev–Trinajstić information content (AvgIpc) is 2.77. The fourth-order valence-electron chi connectivity index (χ4n) is 1.38. The van der Waals surface area contributed by atoms with Gasteiger partial charge in [0.1, 0.15) is 5.82 Å². The van der Waals surface area contributed by atoms with Crippen LogP contribution in [-0.4, -0.2) is 5.91 Å². The van der Waals surface area contributed by atoms with Crippen molar-refractivity contribution in [3.63, 3.8) is 0 Å². The standard InChI is InChI=1S/C12H8Br2FNOS/c13-8-1-2-9(15)7(5-8)6-16-12(17)10-3-4-11(14)18-10/h1-5H,6H2,(H,16,17). The summed E-state index contributed by atoms with van der Waals surface area (Å²) in [5.41, 5.74) is 0.452. The first-order valence-electron chi connectivity index (χ1n) is 5.04. The molecule has 1 amide bonds. The summed E-state index contributed by atoms with van der Waals surface area (Å²) in [5, 5.41) is 2.69. The minimum absolute atomic E-state index is 0.166. The molecule has 1 aromatic carbocycles. The molecule has 0 unspecified atom stereocenters. The van der Waals surface area contributed by atoms with E-state index < -0.39 is 0 Å². The number of halogens is 3. The quantitative estimate of drug-likeness (QED) is 0.826. The van der Waals surface area contributed by atoms with Crippen LogP contribution in [0.1, 0.15) is 15.2 Å². The molecule has 0 aliphatic carbocycles. The summed E-state index contributed by atoms with van der Waals surface area (Å²) in [5.74, 6) is -0.532. The molecule has 0 spiro atoms. The molecule has 1 aromatic heterocycles. The topological polar surface area (TPSA) is 29.1 Å². The van der Waals surface area contributed by atoms with Crippen LogP contribution in [0.4, 0.5) is 4.39 Å². The molecule has 94 valence electrons. The van der Waals surface area contributed by atoms with Crippen molar-refractivity contribution in [1.82, 2.24) is 5.32 Å². The van der Waals surface area contributed by atoms with Crippen LogP contribution in [0.2, 0.25) is 0 Å². The Hall–Kier alpha value is -0.720. The minimum Gasteiger partial charge on any atom is -0.347 e. The Morgan fingerprint density at radius 2 is 2.06 bits per heavy atom. The SMILES string of the molecule is O=C(NCc1cc(Br)ccc1F)c1ccc(Br)s1. The van der Waals surface area contributed by atoms with Gasteiger partial charge in [-0.25, -0.2) is 4.39 Å². The molecule has 0 aliphatic rings. The number of benzene rings is 1. The van der Waals surface area contributed by atoms with Gasteiger partial charge >= 0.3 is 0 Å². The van der Waals surface area contributed by atoms with Crippen molar-refractivity contribution in [1.29, 1.82) is 0 Å². The lowest BCUT2D eigenvalue weighted by Gasteiger charge is -2.05. The predicted octanol–water partition coefficient (Wildman–Crippen LogP) is 4.34. The van der Waals surface area contributed by atoms with Gasteiger partial charge in [-0.1, -0.05) is 15.9 Å².